The second-order valence-corrected chi connectivity index (χ2v) is 11.4. The van der Waals surface area contributed by atoms with Gasteiger partial charge in [0, 0.05) is 11.1 Å². The number of sulfone groups is 1. The lowest BCUT2D eigenvalue weighted by Gasteiger charge is -2.12. The van der Waals surface area contributed by atoms with E-state index in [1.807, 2.05) is 0 Å². The van der Waals surface area contributed by atoms with E-state index in [4.69, 9.17) is 16.2 Å². The Hall–Kier alpha value is -2.47. The number of aryl methyl sites for hydroxylation is 1. The molecule has 1 heterocycles. The molecule has 0 aliphatic rings. The maximum absolute atomic E-state index is 12.9. The fourth-order valence-electron chi connectivity index (χ4n) is 2.77. The van der Waals surface area contributed by atoms with Crippen molar-refractivity contribution in [2.24, 2.45) is 0 Å². The van der Waals surface area contributed by atoms with E-state index in [9.17, 15) is 29.8 Å². The fraction of sp³-hybridized carbons (Fsp3) is 0.188. The van der Waals surface area contributed by atoms with E-state index >= 15 is 0 Å². The minimum Gasteiger partial charge on any atom is -0.324 e. The number of halogens is 1. The Kier molecular flexibility index (Phi) is 6.90. The van der Waals surface area contributed by atoms with Crippen LogP contribution in [-0.4, -0.2) is 61.7 Å². The molecule has 0 atom stereocenters. The molecule has 3 aromatic rings. The maximum atomic E-state index is 12.9. The molecule has 0 saturated heterocycles. The van der Waals surface area contributed by atoms with E-state index in [1.54, 1.807) is 6.92 Å². The van der Waals surface area contributed by atoms with Crippen LogP contribution in [0.1, 0.15) is 5.82 Å². The zero-order chi connectivity index (χ0) is 24.6. The molecule has 33 heavy (non-hydrogen) atoms. The van der Waals surface area contributed by atoms with Gasteiger partial charge in [-0.1, -0.05) is 6.07 Å². The molecule has 13 nitrogen and oxygen atoms in total. The highest BCUT2D eigenvalue weighted by Crippen LogP contribution is 2.31. The number of nitrogens with one attached hydrogen (secondary N) is 1. The van der Waals surface area contributed by atoms with Crippen LogP contribution in [0.2, 0.25) is 5.28 Å². The predicted molar refractivity (Wildman–Crippen MR) is 116 cm³/mol. The van der Waals surface area contributed by atoms with Crippen molar-refractivity contribution in [2.45, 2.75) is 16.7 Å². The van der Waals surface area contributed by atoms with Crippen molar-refractivity contribution in [3.8, 4) is 0 Å². The lowest BCUT2D eigenvalue weighted by Crippen LogP contribution is -2.16. The van der Waals surface area contributed by atoms with Gasteiger partial charge in [-0.05, 0) is 48.2 Å². The van der Waals surface area contributed by atoms with Gasteiger partial charge in [-0.3, -0.25) is 9.11 Å². The average molecular weight is 539 g/mol. The van der Waals surface area contributed by atoms with Gasteiger partial charge < -0.3 is 5.32 Å². The molecule has 0 fully saturated rings. The number of hydrogen-bond donors (Lipinski definition) is 3. The first-order chi connectivity index (χ1) is 15.1. The van der Waals surface area contributed by atoms with Crippen molar-refractivity contribution < 1.29 is 38.5 Å². The van der Waals surface area contributed by atoms with Crippen LogP contribution in [0.15, 0.2) is 40.1 Å². The topological polar surface area (TPSA) is 203 Å². The normalized spacial score (nSPS) is 12.7. The maximum Gasteiger partial charge on any atom is 0.397 e. The third-order valence-electron chi connectivity index (χ3n) is 4.08. The summed E-state index contributed by atoms with van der Waals surface area (Å²) in [7, 11) is -14.0. The summed E-state index contributed by atoms with van der Waals surface area (Å²) in [6, 6.07) is 6.00. The van der Waals surface area contributed by atoms with Crippen molar-refractivity contribution in [3.05, 3.63) is 41.4 Å². The molecule has 3 rings (SSSR count). The number of rotatable bonds is 8. The predicted octanol–water partition coefficient (Wildman–Crippen LogP) is 1.57. The summed E-state index contributed by atoms with van der Waals surface area (Å²) in [4.78, 5) is 10.5. The van der Waals surface area contributed by atoms with E-state index in [-0.39, 0.29) is 22.0 Å². The lowest BCUT2D eigenvalue weighted by molar-refractivity contribution is 0.284. The summed E-state index contributed by atoms with van der Waals surface area (Å²) in [5.74, 6) is -0.540. The van der Waals surface area contributed by atoms with Crippen LogP contribution in [0.4, 0.5) is 11.6 Å². The molecule has 17 heteroatoms. The van der Waals surface area contributed by atoms with Gasteiger partial charge >= 0.3 is 10.4 Å². The minimum absolute atomic E-state index is 0.0381. The molecule has 2 aromatic carbocycles. The summed E-state index contributed by atoms with van der Waals surface area (Å²) in [5.41, 5.74) is 0.300. The quantitative estimate of drug-likeness (QED) is 0.349. The monoisotopic (exact) mass is 538 g/mol. The molecular weight excluding hydrogens is 524 g/mol. The molecule has 0 bridgehead atoms. The molecule has 3 N–H and O–H groups in total. The Balaban J connectivity index is 2.12. The summed E-state index contributed by atoms with van der Waals surface area (Å²) in [6.07, 6.45) is 0. The Labute approximate surface area is 193 Å². The SMILES string of the molecule is Cc1nc(Cl)nc(Nc2ccc3cc(S(=O)(=O)O)cc(S(=O)(=O)CCOS(=O)(=O)O)c3c2)n1. The second kappa shape index (κ2) is 9.05. The van der Waals surface area contributed by atoms with Crippen LogP contribution in [0.5, 0.6) is 0 Å². The van der Waals surface area contributed by atoms with Gasteiger partial charge in [0.25, 0.3) is 10.1 Å². The molecule has 0 amide bonds. The summed E-state index contributed by atoms with van der Waals surface area (Å²) in [6.45, 7) is 0.647. The zero-order valence-corrected chi connectivity index (χ0v) is 19.7. The van der Waals surface area contributed by atoms with Gasteiger partial charge in [0.15, 0.2) is 9.84 Å². The highest BCUT2D eigenvalue weighted by molar-refractivity contribution is 7.91. The number of benzene rings is 2. The van der Waals surface area contributed by atoms with Gasteiger partial charge in [-0.15, -0.1) is 0 Å². The molecule has 0 unspecified atom stereocenters. The van der Waals surface area contributed by atoms with E-state index in [0.29, 0.717) is 11.5 Å². The molecule has 0 spiro atoms. The number of hydrogen-bond acceptors (Lipinski definition) is 11. The van der Waals surface area contributed by atoms with Crippen LogP contribution in [0.25, 0.3) is 10.8 Å². The van der Waals surface area contributed by atoms with Crippen molar-refractivity contribution in [1.29, 1.82) is 0 Å². The van der Waals surface area contributed by atoms with E-state index in [0.717, 1.165) is 12.1 Å². The summed E-state index contributed by atoms with van der Waals surface area (Å²) in [5, 5.41) is 2.91. The van der Waals surface area contributed by atoms with E-state index < -0.39 is 52.5 Å². The Morgan fingerprint density at radius 2 is 1.70 bits per heavy atom. The fourth-order valence-corrected chi connectivity index (χ4v) is 5.33. The van der Waals surface area contributed by atoms with Crippen LogP contribution in [0, 0.1) is 6.92 Å². The number of fused-ring (bicyclic) bond motifs is 1. The third-order valence-corrected chi connectivity index (χ3v) is 7.26. The zero-order valence-electron chi connectivity index (χ0n) is 16.5. The van der Waals surface area contributed by atoms with Crippen LogP contribution >= 0.6 is 11.6 Å². The average Bonchev–Trinajstić information content (AvgIpc) is 2.64. The first kappa shape index (κ1) is 25.2. The van der Waals surface area contributed by atoms with Crippen LogP contribution in [-0.2, 0) is 34.5 Å². The lowest BCUT2D eigenvalue weighted by atomic mass is 10.1. The van der Waals surface area contributed by atoms with Gasteiger partial charge in [0.1, 0.15) is 5.82 Å². The Bertz CT molecular complexity index is 1540. The highest BCUT2D eigenvalue weighted by atomic mass is 35.5. The summed E-state index contributed by atoms with van der Waals surface area (Å²) < 4.78 is 92.6. The molecular formula is C16H15ClN4O9S3. The molecule has 0 aliphatic heterocycles. The largest absolute Gasteiger partial charge is 0.397 e. The number of anilines is 2. The third kappa shape index (κ3) is 6.53. The number of nitrogens with zero attached hydrogens (tertiary/aromatic N) is 3. The standard InChI is InChI=1S/C16H15ClN4O9S3/c1-9-18-15(17)21-16(19-9)20-11-3-2-10-6-12(32(24,25)26)8-14(13(10)7-11)31(22,23)5-4-30-33(27,28)29/h2-3,6-8H,4-5H2,1H3,(H,24,25,26)(H,27,28,29)(H,18,19,20,21). The Morgan fingerprint density at radius 3 is 2.30 bits per heavy atom. The molecule has 0 radical (unpaired) electrons. The summed E-state index contributed by atoms with van der Waals surface area (Å²) >= 11 is 5.80. The van der Waals surface area contributed by atoms with Gasteiger partial charge in [-0.25, -0.2) is 17.6 Å². The number of aromatic nitrogens is 3. The first-order valence-electron chi connectivity index (χ1n) is 8.69. The van der Waals surface area contributed by atoms with Gasteiger partial charge in [0.2, 0.25) is 11.2 Å². The van der Waals surface area contributed by atoms with Crippen molar-refractivity contribution in [1.82, 2.24) is 15.0 Å². The molecule has 1 aromatic heterocycles. The van der Waals surface area contributed by atoms with Crippen LogP contribution in [0.3, 0.4) is 0 Å². The minimum atomic E-state index is -4.89. The second-order valence-electron chi connectivity index (χ2n) is 6.50. The van der Waals surface area contributed by atoms with Crippen LogP contribution < -0.4 is 5.32 Å². The molecule has 0 saturated carbocycles. The highest BCUT2D eigenvalue weighted by Gasteiger charge is 2.23. The van der Waals surface area contributed by atoms with Crippen molar-refractivity contribution in [3.63, 3.8) is 0 Å². The molecule has 178 valence electrons. The first-order valence-corrected chi connectivity index (χ1v) is 13.5. The van der Waals surface area contributed by atoms with Gasteiger partial charge in [-0.2, -0.15) is 26.8 Å². The van der Waals surface area contributed by atoms with E-state index in [2.05, 4.69) is 24.5 Å². The van der Waals surface area contributed by atoms with Gasteiger partial charge in [0.05, 0.1) is 22.2 Å². The van der Waals surface area contributed by atoms with Crippen molar-refractivity contribution in [2.75, 3.05) is 17.7 Å². The van der Waals surface area contributed by atoms with Crippen molar-refractivity contribution >= 4 is 64.4 Å². The smallest absolute Gasteiger partial charge is 0.324 e. The Morgan fingerprint density at radius 1 is 1.00 bits per heavy atom. The van der Waals surface area contributed by atoms with E-state index in [1.165, 1.54) is 18.2 Å². The molecule has 0 aliphatic carbocycles.